The fourth-order valence-electron chi connectivity index (χ4n) is 2.41. The molecule has 0 saturated carbocycles. The molecule has 0 atom stereocenters. The van der Waals surface area contributed by atoms with Crippen LogP contribution in [0.5, 0.6) is 5.75 Å². The summed E-state index contributed by atoms with van der Waals surface area (Å²) in [7, 11) is 0. The molecule has 0 amide bonds. The highest BCUT2D eigenvalue weighted by Gasteiger charge is 2.10. The second-order valence-electron chi connectivity index (χ2n) is 5.35. The van der Waals surface area contributed by atoms with Crippen LogP contribution in [0.15, 0.2) is 54.6 Å². The van der Waals surface area contributed by atoms with Gasteiger partial charge < -0.3 is 10.5 Å². The molecule has 0 aliphatic carbocycles. The molecular weight excluding hydrogens is 322 g/mol. The number of benzene rings is 2. The largest absolute Gasteiger partial charge is 0.489 e. The lowest BCUT2D eigenvalue weighted by molar-refractivity contribution is 0.306. The highest BCUT2D eigenvalue weighted by Crippen LogP contribution is 2.19. The fourth-order valence-corrected chi connectivity index (χ4v) is 3.03. The number of aromatic nitrogens is 4. The van der Waals surface area contributed by atoms with Crippen LogP contribution in [0.4, 0.5) is 5.13 Å². The van der Waals surface area contributed by atoms with Gasteiger partial charge in [0.2, 0.25) is 10.1 Å². The molecule has 2 heterocycles. The molecule has 0 aliphatic rings. The molecule has 2 aromatic heterocycles. The van der Waals surface area contributed by atoms with Crippen molar-refractivity contribution in [3.63, 3.8) is 0 Å². The molecule has 0 bridgehead atoms. The first-order valence-corrected chi connectivity index (χ1v) is 8.32. The highest BCUT2D eigenvalue weighted by molar-refractivity contribution is 7.20. The van der Waals surface area contributed by atoms with Crippen molar-refractivity contribution in [2.45, 2.75) is 13.0 Å². The Kier molecular flexibility index (Phi) is 3.84. The molecule has 0 aliphatic heterocycles. The third-order valence-electron chi connectivity index (χ3n) is 3.60. The first kappa shape index (κ1) is 14.6. The van der Waals surface area contributed by atoms with Crippen LogP contribution in [0.3, 0.4) is 0 Å². The lowest BCUT2D eigenvalue weighted by atomic mass is 10.1. The molecule has 0 radical (unpaired) electrons. The van der Waals surface area contributed by atoms with Crippen molar-refractivity contribution in [2.75, 3.05) is 5.73 Å². The minimum atomic E-state index is 0.491. The molecule has 0 saturated heterocycles. The predicted octanol–water partition coefficient (Wildman–Crippen LogP) is 2.94. The van der Waals surface area contributed by atoms with Gasteiger partial charge in [-0.15, -0.1) is 15.3 Å². The second-order valence-corrected chi connectivity index (χ2v) is 6.33. The summed E-state index contributed by atoms with van der Waals surface area (Å²) in [5, 5.41) is 12.9. The molecule has 2 N–H and O–H groups in total. The van der Waals surface area contributed by atoms with Crippen LogP contribution in [0.2, 0.25) is 0 Å². The van der Waals surface area contributed by atoms with E-state index in [2.05, 4.69) is 15.3 Å². The van der Waals surface area contributed by atoms with E-state index in [1.165, 1.54) is 11.3 Å². The zero-order chi connectivity index (χ0) is 16.4. The summed E-state index contributed by atoms with van der Waals surface area (Å²) in [6.45, 7) is 0.559. The van der Waals surface area contributed by atoms with E-state index >= 15 is 0 Å². The predicted molar refractivity (Wildman–Crippen MR) is 93.1 cm³/mol. The molecule has 4 aromatic rings. The van der Waals surface area contributed by atoms with Gasteiger partial charge in [0.05, 0.1) is 0 Å². The normalized spacial score (nSPS) is 11.0. The van der Waals surface area contributed by atoms with E-state index in [4.69, 9.17) is 10.5 Å². The zero-order valence-corrected chi connectivity index (χ0v) is 13.6. The molecule has 7 heteroatoms. The Morgan fingerprint density at radius 2 is 1.75 bits per heavy atom. The van der Waals surface area contributed by atoms with Gasteiger partial charge in [-0.25, -0.2) is 0 Å². The molecular formula is C17H15N5OS. The Bertz CT molecular complexity index is 946. The van der Waals surface area contributed by atoms with Crippen molar-refractivity contribution in [2.24, 2.45) is 0 Å². The maximum absolute atomic E-state index is 5.80. The van der Waals surface area contributed by atoms with Crippen molar-refractivity contribution in [1.82, 2.24) is 19.8 Å². The number of hydrogen-bond acceptors (Lipinski definition) is 6. The molecule has 2 aromatic carbocycles. The first-order valence-electron chi connectivity index (χ1n) is 7.50. The standard InChI is InChI=1S/C17H15N5OS/c18-16-21-22-15(19-20-17(22)24-16)10-12-6-8-14(9-7-12)23-11-13-4-2-1-3-5-13/h1-9H,10-11H2,(H2,18,21). The average Bonchev–Trinajstić information content (AvgIpc) is 3.15. The third-order valence-corrected chi connectivity index (χ3v) is 4.33. The summed E-state index contributed by atoms with van der Waals surface area (Å²) in [5.41, 5.74) is 7.96. The summed E-state index contributed by atoms with van der Waals surface area (Å²) in [4.78, 5) is 0.713. The number of nitrogen functional groups attached to an aromatic ring is 1. The first-order chi connectivity index (χ1) is 11.8. The average molecular weight is 337 g/mol. The Morgan fingerprint density at radius 3 is 2.54 bits per heavy atom. The van der Waals surface area contributed by atoms with Gasteiger partial charge in [-0.05, 0) is 23.3 Å². The SMILES string of the molecule is Nc1nn2c(Cc3ccc(OCc4ccccc4)cc3)nnc2s1. The Labute approximate surface area is 142 Å². The summed E-state index contributed by atoms with van der Waals surface area (Å²) in [5.74, 6) is 1.61. The molecule has 0 unspecified atom stereocenters. The smallest absolute Gasteiger partial charge is 0.236 e. The maximum Gasteiger partial charge on any atom is 0.236 e. The topological polar surface area (TPSA) is 78.3 Å². The molecule has 0 spiro atoms. The summed E-state index contributed by atoms with van der Waals surface area (Å²) in [6, 6.07) is 18.1. The lowest BCUT2D eigenvalue weighted by Crippen LogP contribution is -1.99. The van der Waals surface area contributed by atoms with Gasteiger partial charge in [-0.1, -0.05) is 53.8 Å². The van der Waals surface area contributed by atoms with E-state index in [0.29, 0.717) is 23.1 Å². The monoisotopic (exact) mass is 337 g/mol. The summed E-state index contributed by atoms with van der Waals surface area (Å²) >= 11 is 1.33. The van der Waals surface area contributed by atoms with E-state index in [0.717, 1.165) is 22.7 Å². The second kappa shape index (κ2) is 6.29. The van der Waals surface area contributed by atoms with Crippen molar-refractivity contribution >= 4 is 21.4 Å². The van der Waals surface area contributed by atoms with Crippen LogP contribution < -0.4 is 10.5 Å². The zero-order valence-electron chi connectivity index (χ0n) is 12.8. The number of fused-ring (bicyclic) bond motifs is 1. The Hall–Kier alpha value is -2.93. The number of rotatable bonds is 5. The molecule has 6 nitrogen and oxygen atoms in total. The number of ether oxygens (including phenoxy) is 1. The molecule has 0 fully saturated rings. The van der Waals surface area contributed by atoms with Crippen molar-refractivity contribution in [3.05, 3.63) is 71.5 Å². The Morgan fingerprint density at radius 1 is 0.958 bits per heavy atom. The lowest BCUT2D eigenvalue weighted by Gasteiger charge is -2.07. The number of nitrogens with two attached hydrogens (primary N) is 1. The quantitative estimate of drug-likeness (QED) is 0.606. The maximum atomic E-state index is 5.80. The van der Waals surface area contributed by atoms with Crippen LogP contribution >= 0.6 is 11.3 Å². The van der Waals surface area contributed by atoms with Gasteiger partial charge >= 0.3 is 0 Å². The van der Waals surface area contributed by atoms with Crippen molar-refractivity contribution in [3.8, 4) is 5.75 Å². The van der Waals surface area contributed by atoms with Crippen LogP contribution in [0.1, 0.15) is 17.0 Å². The third kappa shape index (κ3) is 3.07. The highest BCUT2D eigenvalue weighted by atomic mass is 32.1. The number of anilines is 1. The number of hydrogen-bond donors (Lipinski definition) is 1. The van der Waals surface area contributed by atoms with E-state index in [9.17, 15) is 0 Å². The minimum absolute atomic E-state index is 0.491. The molecule has 4 rings (SSSR count). The van der Waals surface area contributed by atoms with Gasteiger partial charge in [-0.2, -0.15) is 4.52 Å². The van der Waals surface area contributed by atoms with Crippen LogP contribution in [-0.4, -0.2) is 19.8 Å². The van der Waals surface area contributed by atoms with Crippen molar-refractivity contribution < 1.29 is 4.74 Å². The van der Waals surface area contributed by atoms with Crippen LogP contribution in [0.25, 0.3) is 4.96 Å². The molecule has 24 heavy (non-hydrogen) atoms. The van der Waals surface area contributed by atoms with E-state index in [1.807, 2.05) is 54.6 Å². The van der Waals surface area contributed by atoms with Crippen LogP contribution in [0, 0.1) is 0 Å². The van der Waals surface area contributed by atoms with Crippen LogP contribution in [-0.2, 0) is 13.0 Å². The van der Waals surface area contributed by atoms with Crippen molar-refractivity contribution in [1.29, 1.82) is 0 Å². The number of nitrogens with zero attached hydrogens (tertiary/aromatic N) is 4. The Balaban J connectivity index is 1.43. The minimum Gasteiger partial charge on any atom is -0.489 e. The summed E-state index contributed by atoms with van der Waals surface area (Å²) in [6.07, 6.45) is 0.642. The van der Waals surface area contributed by atoms with E-state index in [-0.39, 0.29) is 0 Å². The van der Waals surface area contributed by atoms with Gasteiger partial charge in [-0.3, -0.25) is 0 Å². The molecule has 120 valence electrons. The van der Waals surface area contributed by atoms with Gasteiger partial charge in [0, 0.05) is 6.42 Å². The fraction of sp³-hybridized carbons (Fsp3) is 0.118. The van der Waals surface area contributed by atoms with E-state index < -0.39 is 0 Å². The van der Waals surface area contributed by atoms with Gasteiger partial charge in [0.15, 0.2) is 5.82 Å². The van der Waals surface area contributed by atoms with E-state index in [1.54, 1.807) is 4.52 Å². The summed E-state index contributed by atoms with van der Waals surface area (Å²) < 4.78 is 7.49. The van der Waals surface area contributed by atoms with Gasteiger partial charge in [0.1, 0.15) is 12.4 Å². The van der Waals surface area contributed by atoms with Gasteiger partial charge in [0.25, 0.3) is 0 Å².